The maximum absolute atomic E-state index is 12.6. The van der Waals surface area contributed by atoms with E-state index in [9.17, 15) is 4.79 Å². The van der Waals surface area contributed by atoms with Crippen LogP contribution >= 0.6 is 12.4 Å². The fourth-order valence-electron chi connectivity index (χ4n) is 3.21. The van der Waals surface area contributed by atoms with Gasteiger partial charge in [0.15, 0.2) is 0 Å². The fourth-order valence-corrected chi connectivity index (χ4v) is 3.21. The average molecular weight is 292 g/mol. The summed E-state index contributed by atoms with van der Waals surface area (Å²) in [5.41, 5.74) is 5.60. The summed E-state index contributed by atoms with van der Waals surface area (Å²) < 4.78 is 0. The van der Waals surface area contributed by atoms with Crippen molar-refractivity contribution in [1.82, 2.24) is 9.80 Å². The molecule has 1 aliphatic carbocycles. The standard InChI is InChI=1S/C13H25N3O2.ClH/c14-11-13(3-1-2-4-13)12(18)16-7-5-15(6-8-16)9-10-17;/h17H,1-11,14H2;1H. The number of nitrogens with two attached hydrogens (primary N) is 1. The Morgan fingerprint density at radius 3 is 2.21 bits per heavy atom. The lowest BCUT2D eigenvalue weighted by atomic mass is 9.84. The first-order valence-corrected chi connectivity index (χ1v) is 7.04. The van der Waals surface area contributed by atoms with Crippen LogP contribution in [0.25, 0.3) is 0 Å². The summed E-state index contributed by atoms with van der Waals surface area (Å²) in [6.45, 7) is 4.69. The molecule has 0 bridgehead atoms. The van der Waals surface area contributed by atoms with Gasteiger partial charge in [0, 0.05) is 39.3 Å². The minimum absolute atomic E-state index is 0. The zero-order chi connectivity index (χ0) is 13.0. The van der Waals surface area contributed by atoms with E-state index >= 15 is 0 Å². The Balaban J connectivity index is 0.00000180. The van der Waals surface area contributed by atoms with Crippen LogP contribution in [-0.4, -0.2) is 66.7 Å². The second kappa shape index (κ2) is 7.43. The normalized spacial score (nSPS) is 23.2. The lowest BCUT2D eigenvalue weighted by Gasteiger charge is -2.39. The Morgan fingerprint density at radius 2 is 1.74 bits per heavy atom. The molecule has 2 rings (SSSR count). The molecule has 1 saturated carbocycles. The Labute approximate surface area is 121 Å². The highest BCUT2D eigenvalue weighted by molar-refractivity contribution is 5.85. The fraction of sp³-hybridized carbons (Fsp3) is 0.923. The van der Waals surface area contributed by atoms with E-state index in [1.807, 2.05) is 4.90 Å². The largest absolute Gasteiger partial charge is 0.395 e. The summed E-state index contributed by atoms with van der Waals surface area (Å²) in [5.74, 6) is 0.270. The number of rotatable bonds is 4. The zero-order valence-electron chi connectivity index (χ0n) is 11.5. The van der Waals surface area contributed by atoms with Crippen molar-refractivity contribution in [3.63, 3.8) is 0 Å². The summed E-state index contributed by atoms with van der Waals surface area (Å²) >= 11 is 0. The van der Waals surface area contributed by atoms with E-state index in [0.29, 0.717) is 13.1 Å². The number of hydrogen-bond donors (Lipinski definition) is 2. The minimum Gasteiger partial charge on any atom is -0.395 e. The first-order chi connectivity index (χ1) is 8.72. The smallest absolute Gasteiger partial charge is 0.230 e. The third-order valence-electron chi connectivity index (χ3n) is 4.48. The number of aliphatic hydroxyl groups excluding tert-OH is 1. The monoisotopic (exact) mass is 291 g/mol. The van der Waals surface area contributed by atoms with Crippen molar-refractivity contribution >= 4 is 18.3 Å². The van der Waals surface area contributed by atoms with Crippen LogP contribution < -0.4 is 5.73 Å². The van der Waals surface area contributed by atoms with Crippen molar-refractivity contribution in [2.45, 2.75) is 25.7 Å². The minimum atomic E-state index is -0.265. The number of amides is 1. The molecular weight excluding hydrogens is 266 g/mol. The summed E-state index contributed by atoms with van der Waals surface area (Å²) in [5, 5.41) is 8.91. The van der Waals surface area contributed by atoms with Crippen molar-refractivity contribution in [1.29, 1.82) is 0 Å². The number of nitrogens with zero attached hydrogens (tertiary/aromatic N) is 2. The summed E-state index contributed by atoms with van der Waals surface area (Å²) in [7, 11) is 0. The number of piperazine rings is 1. The molecule has 1 saturated heterocycles. The predicted octanol–water partition coefficient (Wildman–Crippen LogP) is 0.0638. The van der Waals surface area contributed by atoms with E-state index in [-0.39, 0.29) is 30.3 Å². The van der Waals surface area contributed by atoms with Gasteiger partial charge in [-0.25, -0.2) is 0 Å². The summed E-state index contributed by atoms with van der Waals surface area (Å²) in [6.07, 6.45) is 4.18. The molecule has 0 aromatic heterocycles. The van der Waals surface area contributed by atoms with Gasteiger partial charge in [-0.15, -0.1) is 12.4 Å². The molecule has 1 amide bonds. The topological polar surface area (TPSA) is 69.8 Å². The Morgan fingerprint density at radius 1 is 1.16 bits per heavy atom. The molecule has 0 unspecified atom stereocenters. The highest BCUT2D eigenvalue weighted by Crippen LogP contribution is 2.38. The van der Waals surface area contributed by atoms with Gasteiger partial charge in [-0.2, -0.15) is 0 Å². The van der Waals surface area contributed by atoms with Gasteiger partial charge in [0.2, 0.25) is 5.91 Å². The van der Waals surface area contributed by atoms with Gasteiger partial charge < -0.3 is 15.7 Å². The number of β-amino-alcohol motifs (C(OH)–C–C–N with tert-alkyl or cyclic N) is 1. The Bertz CT molecular complexity index is 288. The highest BCUT2D eigenvalue weighted by Gasteiger charge is 2.42. The Kier molecular flexibility index (Phi) is 6.53. The van der Waals surface area contributed by atoms with Gasteiger partial charge in [0.05, 0.1) is 12.0 Å². The number of hydrogen-bond acceptors (Lipinski definition) is 4. The molecule has 3 N–H and O–H groups in total. The molecule has 0 spiro atoms. The van der Waals surface area contributed by atoms with Crippen molar-refractivity contribution < 1.29 is 9.90 Å². The molecule has 1 heterocycles. The van der Waals surface area contributed by atoms with E-state index in [2.05, 4.69) is 4.90 Å². The van der Waals surface area contributed by atoms with Gasteiger partial charge >= 0.3 is 0 Å². The van der Waals surface area contributed by atoms with Gasteiger partial charge in [0.25, 0.3) is 0 Å². The first-order valence-electron chi connectivity index (χ1n) is 7.04. The molecule has 2 fully saturated rings. The van der Waals surface area contributed by atoms with E-state index in [1.165, 1.54) is 0 Å². The molecule has 19 heavy (non-hydrogen) atoms. The number of carbonyl (C=O) groups is 1. The van der Waals surface area contributed by atoms with Crippen LogP contribution in [0, 0.1) is 5.41 Å². The molecule has 1 aliphatic heterocycles. The maximum atomic E-state index is 12.6. The highest BCUT2D eigenvalue weighted by atomic mass is 35.5. The number of aliphatic hydroxyl groups is 1. The zero-order valence-corrected chi connectivity index (χ0v) is 12.3. The van der Waals surface area contributed by atoms with Gasteiger partial charge in [-0.1, -0.05) is 12.8 Å². The third kappa shape index (κ3) is 3.60. The Hall–Kier alpha value is -0.360. The summed E-state index contributed by atoms with van der Waals surface area (Å²) in [4.78, 5) is 16.8. The van der Waals surface area contributed by atoms with Crippen molar-refractivity contribution in [2.75, 3.05) is 45.9 Å². The maximum Gasteiger partial charge on any atom is 0.230 e. The van der Waals surface area contributed by atoms with Crippen LogP contribution in [-0.2, 0) is 4.79 Å². The number of halogens is 1. The lowest BCUT2D eigenvalue weighted by Crippen LogP contribution is -2.54. The van der Waals surface area contributed by atoms with E-state index in [4.69, 9.17) is 10.8 Å². The van der Waals surface area contributed by atoms with Gasteiger partial charge in [0.1, 0.15) is 0 Å². The first kappa shape index (κ1) is 16.7. The molecule has 0 radical (unpaired) electrons. The van der Waals surface area contributed by atoms with Crippen LogP contribution in [0.15, 0.2) is 0 Å². The molecule has 5 nitrogen and oxygen atoms in total. The average Bonchev–Trinajstić information content (AvgIpc) is 2.89. The molecule has 112 valence electrons. The van der Waals surface area contributed by atoms with Gasteiger partial charge in [-0.05, 0) is 12.8 Å². The van der Waals surface area contributed by atoms with Crippen LogP contribution in [0.3, 0.4) is 0 Å². The quantitative estimate of drug-likeness (QED) is 0.769. The molecule has 0 aromatic carbocycles. The second-order valence-electron chi connectivity index (χ2n) is 5.55. The lowest BCUT2D eigenvalue weighted by molar-refractivity contribution is -0.143. The van der Waals surface area contributed by atoms with Crippen LogP contribution in [0.5, 0.6) is 0 Å². The van der Waals surface area contributed by atoms with Crippen molar-refractivity contribution in [3.05, 3.63) is 0 Å². The van der Waals surface area contributed by atoms with E-state index in [0.717, 1.165) is 51.9 Å². The third-order valence-corrected chi connectivity index (χ3v) is 4.48. The van der Waals surface area contributed by atoms with Crippen LogP contribution in [0.4, 0.5) is 0 Å². The van der Waals surface area contributed by atoms with Crippen molar-refractivity contribution in [3.8, 4) is 0 Å². The summed E-state index contributed by atoms with van der Waals surface area (Å²) in [6, 6.07) is 0. The van der Waals surface area contributed by atoms with E-state index in [1.54, 1.807) is 0 Å². The molecule has 0 atom stereocenters. The molecule has 0 aromatic rings. The second-order valence-corrected chi connectivity index (χ2v) is 5.55. The predicted molar refractivity (Wildman–Crippen MR) is 77.3 cm³/mol. The van der Waals surface area contributed by atoms with Gasteiger partial charge in [-0.3, -0.25) is 9.69 Å². The van der Waals surface area contributed by atoms with Crippen molar-refractivity contribution in [2.24, 2.45) is 11.1 Å². The van der Waals surface area contributed by atoms with E-state index < -0.39 is 0 Å². The number of carbonyl (C=O) groups excluding carboxylic acids is 1. The molecule has 2 aliphatic rings. The van der Waals surface area contributed by atoms with Crippen LogP contribution in [0.2, 0.25) is 0 Å². The molecule has 6 heteroatoms. The molecular formula is C13H26ClN3O2. The van der Waals surface area contributed by atoms with Crippen LogP contribution in [0.1, 0.15) is 25.7 Å². The SMILES string of the molecule is Cl.NCC1(C(=O)N2CCN(CCO)CC2)CCCC1.